The van der Waals surface area contributed by atoms with Gasteiger partial charge >= 0.3 is 5.91 Å². The predicted octanol–water partition coefficient (Wildman–Crippen LogP) is 5.50. The minimum absolute atomic E-state index is 0.194. The summed E-state index contributed by atoms with van der Waals surface area (Å²) in [6.07, 6.45) is 3.84. The van der Waals surface area contributed by atoms with E-state index in [0.717, 1.165) is 15.6 Å². The molecule has 0 fully saturated rings. The highest BCUT2D eigenvalue weighted by Gasteiger charge is 2.15. The van der Waals surface area contributed by atoms with E-state index in [4.69, 9.17) is 9.15 Å². The average molecular weight is 425 g/mol. The molecule has 5 nitrogen and oxygen atoms in total. The van der Waals surface area contributed by atoms with E-state index in [-0.39, 0.29) is 5.76 Å². The summed E-state index contributed by atoms with van der Waals surface area (Å²) >= 11 is 3.17. The number of carbonyl (C=O) groups excluding carboxylic acids is 1. The topological polar surface area (TPSA) is 56.7 Å². The molecule has 148 valence electrons. The molecule has 0 saturated heterocycles. The molecule has 29 heavy (non-hydrogen) atoms. The number of benzene rings is 2. The van der Waals surface area contributed by atoms with Crippen molar-refractivity contribution in [3.63, 3.8) is 0 Å². The van der Waals surface area contributed by atoms with Gasteiger partial charge in [-0.15, -0.1) is 18.3 Å². The monoisotopic (exact) mass is 424 g/mol. The summed E-state index contributed by atoms with van der Waals surface area (Å²) in [4.78, 5) is 19.0. The molecule has 4 aromatic rings. The average Bonchev–Trinajstić information content (AvgIpc) is 3.30. The van der Waals surface area contributed by atoms with E-state index in [1.54, 1.807) is 23.9 Å². The van der Waals surface area contributed by atoms with Gasteiger partial charge in [0.2, 0.25) is 0 Å². The molecule has 2 heterocycles. The van der Waals surface area contributed by atoms with E-state index in [2.05, 4.69) is 29.8 Å². The zero-order chi connectivity index (χ0) is 20.4. The summed E-state index contributed by atoms with van der Waals surface area (Å²) < 4.78 is 14.5. The Morgan fingerprint density at radius 3 is 2.97 bits per heavy atom. The summed E-state index contributed by atoms with van der Waals surface area (Å²) in [7, 11) is 0. The SMILES string of the molecule is C=CCn1c(=NC(=O)c2cc3cccc(OCC)c3o2)sc2cc(SC)ccc21. The van der Waals surface area contributed by atoms with Crippen molar-refractivity contribution in [3.05, 3.63) is 65.7 Å². The lowest BCUT2D eigenvalue weighted by Crippen LogP contribution is -2.16. The fourth-order valence-corrected chi connectivity index (χ4v) is 4.72. The van der Waals surface area contributed by atoms with E-state index >= 15 is 0 Å². The molecule has 0 N–H and O–H groups in total. The Bertz CT molecular complexity index is 1280. The van der Waals surface area contributed by atoms with Gasteiger partial charge in [0.15, 0.2) is 21.9 Å². The molecule has 4 rings (SSSR count). The molecule has 0 spiro atoms. The number of fused-ring (bicyclic) bond motifs is 2. The first-order valence-corrected chi connectivity index (χ1v) is 11.2. The van der Waals surface area contributed by atoms with Crippen molar-refractivity contribution in [2.75, 3.05) is 12.9 Å². The second-order valence-electron chi connectivity index (χ2n) is 6.25. The summed E-state index contributed by atoms with van der Waals surface area (Å²) in [5.41, 5.74) is 1.59. The van der Waals surface area contributed by atoms with Crippen LogP contribution in [0.3, 0.4) is 0 Å². The second kappa shape index (κ2) is 8.31. The number of aromatic nitrogens is 1. The molecule has 0 radical (unpaired) electrons. The van der Waals surface area contributed by atoms with Crippen molar-refractivity contribution in [1.82, 2.24) is 4.57 Å². The highest BCUT2D eigenvalue weighted by molar-refractivity contribution is 7.98. The number of nitrogens with zero attached hydrogens (tertiary/aromatic N) is 2. The van der Waals surface area contributed by atoms with Crippen molar-refractivity contribution in [3.8, 4) is 5.75 Å². The van der Waals surface area contributed by atoms with Crippen LogP contribution in [0.5, 0.6) is 5.75 Å². The van der Waals surface area contributed by atoms with Crippen LogP contribution in [0.2, 0.25) is 0 Å². The molecule has 0 aliphatic rings. The Balaban J connectivity index is 1.81. The predicted molar refractivity (Wildman–Crippen MR) is 119 cm³/mol. The standard InChI is InChI=1S/C22H20N2O3S2/c1-4-11-24-16-10-9-15(28-3)13-19(16)29-22(24)23-21(25)18-12-14-7-6-8-17(26-5-2)20(14)27-18/h4,6-10,12-13H,1,5,11H2,2-3H3. The van der Waals surface area contributed by atoms with Gasteiger partial charge in [0.05, 0.1) is 16.8 Å². The van der Waals surface area contributed by atoms with Crippen LogP contribution >= 0.6 is 23.1 Å². The highest BCUT2D eigenvalue weighted by atomic mass is 32.2. The number of allylic oxidation sites excluding steroid dienone is 1. The fraction of sp³-hybridized carbons (Fsp3) is 0.182. The van der Waals surface area contributed by atoms with Crippen molar-refractivity contribution in [1.29, 1.82) is 0 Å². The van der Waals surface area contributed by atoms with Crippen LogP contribution < -0.4 is 9.54 Å². The number of furan rings is 1. The second-order valence-corrected chi connectivity index (χ2v) is 8.14. The maximum atomic E-state index is 12.9. The Labute approximate surface area is 176 Å². The summed E-state index contributed by atoms with van der Waals surface area (Å²) in [5, 5.41) is 0.814. The third-order valence-corrected chi connectivity index (χ3v) is 6.18. The molecule has 0 unspecified atom stereocenters. The molecule has 0 aliphatic carbocycles. The molecular formula is C22H20N2O3S2. The normalized spacial score (nSPS) is 12.0. The quantitative estimate of drug-likeness (QED) is 0.303. The van der Waals surface area contributed by atoms with Crippen molar-refractivity contribution >= 4 is 50.2 Å². The van der Waals surface area contributed by atoms with Gasteiger partial charge in [-0.3, -0.25) is 4.79 Å². The van der Waals surface area contributed by atoms with E-state index < -0.39 is 5.91 Å². The highest BCUT2D eigenvalue weighted by Crippen LogP contribution is 2.29. The third-order valence-electron chi connectivity index (χ3n) is 4.42. The number of rotatable bonds is 6. The third kappa shape index (κ3) is 3.75. The first-order chi connectivity index (χ1) is 14.1. The lowest BCUT2D eigenvalue weighted by atomic mass is 10.2. The maximum Gasteiger partial charge on any atom is 0.315 e. The van der Waals surface area contributed by atoms with Crippen LogP contribution in [0.15, 0.2) is 69.4 Å². The zero-order valence-electron chi connectivity index (χ0n) is 16.2. The zero-order valence-corrected chi connectivity index (χ0v) is 17.8. The Morgan fingerprint density at radius 2 is 2.21 bits per heavy atom. The van der Waals surface area contributed by atoms with Crippen molar-refractivity contribution in [2.24, 2.45) is 4.99 Å². The minimum Gasteiger partial charge on any atom is -0.490 e. The number of hydrogen-bond acceptors (Lipinski definition) is 5. The van der Waals surface area contributed by atoms with Crippen LogP contribution in [0, 0.1) is 0 Å². The molecule has 0 aliphatic heterocycles. The number of para-hydroxylation sites is 1. The van der Waals surface area contributed by atoms with Gasteiger partial charge in [-0.05, 0) is 43.5 Å². The molecule has 0 saturated carbocycles. The van der Waals surface area contributed by atoms with Gasteiger partial charge in [0.1, 0.15) is 0 Å². The number of thioether (sulfide) groups is 1. The summed E-state index contributed by atoms with van der Waals surface area (Å²) in [5.74, 6) is 0.398. The fourth-order valence-electron chi connectivity index (χ4n) is 3.12. The van der Waals surface area contributed by atoms with Crippen molar-refractivity contribution < 1.29 is 13.9 Å². The summed E-state index contributed by atoms with van der Waals surface area (Å²) in [6, 6.07) is 13.5. The van der Waals surface area contributed by atoms with Gasteiger partial charge in [-0.25, -0.2) is 0 Å². The first-order valence-electron chi connectivity index (χ1n) is 9.17. The molecule has 7 heteroatoms. The smallest absolute Gasteiger partial charge is 0.315 e. The molecule has 0 atom stereocenters. The largest absolute Gasteiger partial charge is 0.490 e. The molecule has 0 bridgehead atoms. The van der Waals surface area contributed by atoms with Gasteiger partial charge < -0.3 is 13.7 Å². The van der Waals surface area contributed by atoms with Crippen LogP contribution in [-0.2, 0) is 6.54 Å². The Hall–Kier alpha value is -2.77. The minimum atomic E-state index is -0.418. The van der Waals surface area contributed by atoms with Crippen molar-refractivity contribution in [2.45, 2.75) is 18.4 Å². The van der Waals surface area contributed by atoms with E-state index in [1.807, 2.05) is 35.9 Å². The van der Waals surface area contributed by atoms with E-state index in [1.165, 1.54) is 16.2 Å². The number of amides is 1. The number of hydrogen-bond donors (Lipinski definition) is 0. The molecular weight excluding hydrogens is 404 g/mol. The number of ether oxygens (including phenoxy) is 1. The Kier molecular flexibility index (Phi) is 5.60. The first kappa shape index (κ1) is 19.5. The molecule has 2 aromatic carbocycles. The molecule has 1 amide bonds. The van der Waals surface area contributed by atoms with E-state index in [9.17, 15) is 4.79 Å². The maximum absolute atomic E-state index is 12.9. The van der Waals surface area contributed by atoms with E-state index in [0.29, 0.717) is 29.3 Å². The lowest BCUT2D eigenvalue weighted by molar-refractivity contribution is 0.0973. The van der Waals surface area contributed by atoms with Crippen LogP contribution in [0.25, 0.3) is 21.2 Å². The molecule has 2 aromatic heterocycles. The van der Waals surface area contributed by atoms with Gasteiger partial charge in [-0.2, -0.15) is 4.99 Å². The number of carbonyl (C=O) groups is 1. The number of thiazole rings is 1. The van der Waals surface area contributed by atoms with Gasteiger partial charge in [0.25, 0.3) is 0 Å². The lowest BCUT2D eigenvalue weighted by Gasteiger charge is -2.02. The van der Waals surface area contributed by atoms with Crippen LogP contribution in [0.1, 0.15) is 17.5 Å². The van der Waals surface area contributed by atoms with Gasteiger partial charge in [0, 0.05) is 16.8 Å². The van der Waals surface area contributed by atoms with Gasteiger partial charge in [-0.1, -0.05) is 29.5 Å². The Morgan fingerprint density at radius 1 is 1.34 bits per heavy atom. The summed E-state index contributed by atoms with van der Waals surface area (Å²) in [6.45, 7) is 6.83. The van der Waals surface area contributed by atoms with Crippen LogP contribution in [-0.4, -0.2) is 23.3 Å². The van der Waals surface area contributed by atoms with Crippen LogP contribution in [0.4, 0.5) is 0 Å².